The number of piperidine rings is 1. The normalized spacial score (nSPS) is 23.2. The molecule has 0 unspecified atom stereocenters. The number of nitrogens with one attached hydrogen (secondary N) is 4. The van der Waals surface area contributed by atoms with Gasteiger partial charge in [0.05, 0.1) is 46.2 Å². The van der Waals surface area contributed by atoms with E-state index in [2.05, 4.69) is 30.6 Å². The Balaban J connectivity index is 1.01. The molecule has 0 saturated carbocycles. The minimum Gasteiger partial charge on any atom is -0.367 e. The fourth-order valence-electron chi connectivity index (χ4n) is 9.84. The van der Waals surface area contributed by atoms with Crippen molar-refractivity contribution < 1.29 is 26.3 Å². The molecule has 2 aromatic heterocycles. The molecule has 296 valence electrons. The molecular weight excluding hydrogens is 743 g/mol. The summed E-state index contributed by atoms with van der Waals surface area (Å²) in [6.07, 6.45) is 5.45. The first kappa shape index (κ1) is 36.3. The molecule has 10 rings (SSSR count). The van der Waals surface area contributed by atoms with Crippen LogP contribution in [-0.2, 0) is 0 Å². The molecule has 0 aliphatic carbocycles. The van der Waals surface area contributed by atoms with E-state index in [1.807, 2.05) is 0 Å². The number of aromatic nitrogens is 4. The molecule has 4 aromatic carbocycles. The molecule has 0 radical (unpaired) electrons. The highest BCUT2D eigenvalue weighted by Gasteiger charge is 2.40. The van der Waals surface area contributed by atoms with Gasteiger partial charge in [0, 0.05) is 48.1 Å². The molecule has 4 N–H and O–H groups in total. The van der Waals surface area contributed by atoms with Gasteiger partial charge in [-0.25, -0.2) is 36.3 Å². The Morgan fingerprint density at radius 1 is 0.544 bits per heavy atom. The number of anilines is 2. The summed E-state index contributed by atoms with van der Waals surface area (Å²) in [5.41, 5.74) is 3.23. The second kappa shape index (κ2) is 14.4. The smallest absolute Gasteiger partial charge is 0.151 e. The lowest BCUT2D eigenvalue weighted by molar-refractivity contribution is 0.466. The van der Waals surface area contributed by atoms with Gasteiger partial charge in [0.1, 0.15) is 40.6 Å². The number of halogens is 6. The van der Waals surface area contributed by atoms with Gasteiger partial charge in [0.15, 0.2) is 11.6 Å². The van der Waals surface area contributed by atoms with Crippen molar-refractivity contribution in [2.75, 3.05) is 36.0 Å². The highest BCUT2D eigenvalue weighted by molar-refractivity contribution is 5.78. The minimum absolute atomic E-state index is 0.0425. The lowest BCUT2D eigenvalue weighted by Crippen LogP contribution is -2.34. The van der Waals surface area contributed by atoms with Gasteiger partial charge in [0.2, 0.25) is 0 Å². The Morgan fingerprint density at radius 2 is 1.07 bits per heavy atom. The average Bonchev–Trinajstić information content (AvgIpc) is 4.04. The number of hydrogen-bond acceptors (Lipinski definition) is 6. The number of nitrogens with zero attached hydrogens (tertiary/aromatic N) is 4. The molecular formula is C43H42F6N8. The Hall–Kier alpha value is -5.08. The molecule has 4 saturated heterocycles. The summed E-state index contributed by atoms with van der Waals surface area (Å²) in [6, 6.07) is 10.9. The SMILES string of the molecule is Fc1ccc(C2CCN(c3c(F)cc(N4[C@@H](c5cc6[nH]c([C@@H]7CCCN7)nc6cc5F)CC[C@H]4c4cc5[nH]c([C@@H]6CCCN6)nc5cc4F)cc3F)CC2)c(F)c1. The van der Waals surface area contributed by atoms with Crippen molar-refractivity contribution in [1.29, 1.82) is 0 Å². The lowest BCUT2D eigenvalue weighted by atomic mass is 9.89. The fourth-order valence-corrected chi connectivity index (χ4v) is 9.84. The van der Waals surface area contributed by atoms with E-state index < -0.39 is 47.0 Å². The number of hydrogen-bond donors (Lipinski definition) is 4. The Morgan fingerprint density at radius 3 is 1.56 bits per heavy atom. The Labute approximate surface area is 325 Å². The number of H-pyrrole nitrogens is 2. The van der Waals surface area contributed by atoms with E-state index in [4.69, 9.17) is 0 Å². The summed E-state index contributed by atoms with van der Waals surface area (Å²) in [7, 11) is 0. The van der Waals surface area contributed by atoms with Crippen LogP contribution in [0, 0.1) is 34.9 Å². The van der Waals surface area contributed by atoms with Gasteiger partial charge in [-0.3, -0.25) is 0 Å². The summed E-state index contributed by atoms with van der Waals surface area (Å²) < 4.78 is 93.6. The molecule has 4 aliphatic heterocycles. The monoisotopic (exact) mass is 784 g/mol. The number of benzene rings is 4. The van der Waals surface area contributed by atoms with Crippen LogP contribution < -0.4 is 20.4 Å². The highest BCUT2D eigenvalue weighted by atomic mass is 19.2. The zero-order valence-corrected chi connectivity index (χ0v) is 31.1. The van der Waals surface area contributed by atoms with Crippen LogP contribution in [0.3, 0.4) is 0 Å². The number of imidazole rings is 2. The van der Waals surface area contributed by atoms with E-state index in [9.17, 15) is 8.78 Å². The summed E-state index contributed by atoms with van der Waals surface area (Å²) >= 11 is 0. The van der Waals surface area contributed by atoms with Crippen molar-refractivity contribution in [3.05, 3.63) is 118 Å². The second-order valence-corrected chi connectivity index (χ2v) is 16.0. The lowest BCUT2D eigenvalue weighted by Gasteiger charge is -2.36. The number of rotatable bonds is 7. The molecule has 8 nitrogen and oxygen atoms in total. The predicted molar refractivity (Wildman–Crippen MR) is 206 cm³/mol. The first-order valence-corrected chi connectivity index (χ1v) is 20.0. The predicted octanol–water partition coefficient (Wildman–Crippen LogP) is 9.59. The standard InChI is InChI=1S/C43H42F6N8/c44-23-5-6-25(28(45)15-23)22-9-13-56(14-10-22)41-31(48)16-24(17-32(41)49)57-39(26-18-35-37(20-29(26)46)54-42(52-35)33-3-1-11-50-33)7-8-40(57)27-19-36-38(21-30(27)47)55-43(53-36)34-4-2-12-51-34/h5-6,15-22,33-34,39-40,50-51H,1-4,7-14H2,(H,52,54)(H,53,55)/t33-,34-,39-,40+/m0/s1. The summed E-state index contributed by atoms with van der Waals surface area (Å²) in [4.78, 5) is 19.4. The van der Waals surface area contributed by atoms with Crippen molar-refractivity contribution in [2.45, 2.75) is 81.5 Å². The second-order valence-electron chi connectivity index (χ2n) is 16.0. The van der Waals surface area contributed by atoms with Crippen LogP contribution in [0.4, 0.5) is 37.7 Å². The topological polar surface area (TPSA) is 87.9 Å². The van der Waals surface area contributed by atoms with Gasteiger partial charge in [-0.2, -0.15) is 0 Å². The molecule has 0 spiro atoms. The van der Waals surface area contributed by atoms with E-state index in [1.165, 1.54) is 36.4 Å². The minimum atomic E-state index is -0.808. The van der Waals surface area contributed by atoms with Crippen LogP contribution in [0.25, 0.3) is 22.1 Å². The zero-order chi connectivity index (χ0) is 38.9. The summed E-state index contributed by atoms with van der Waals surface area (Å²) in [5.74, 6) is -2.69. The van der Waals surface area contributed by atoms with Crippen LogP contribution in [0.2, 0.25) is 0 Å². The maximum Gasteiger partial charge on any atom is 0.151 e. The van der Waals surface area contributed by atoms with E-state index >= 15 is 17.6 Å². The number of aromatic amines is 2. The molecule has 14 heteroatoms. The van der Waals surface area contributed by atoms with Crippen molar-refractivity contribution >= 4 is 33.4 Å². The number of fused-ring (bicyclic) bond motifs is 2. The zero-order valence-electron chi connectivity index (χ0n) is 31.1. The molecule has 6 heterocycles. The van der Waals surface area contributed by atoms with Crippen LogP contribution in [0.15, 0.2) is 54.6 Å². The molecule has 0 bridgehead atoms. The molecule has 4 fully saturated rings. The maximum atomic E-state index is 16.4. The molecule has 0 amide bonds. The molecule has 57 heavy (non-hydrogen) atoms. The fraction of sp³-hybridized carbons (Fsp3) is 0.395. The van der Waals surface area contributed by atoms with Crippen LogP contribution in [0.5, 0.6) is 0 Å². The van der Waals surface area contributed by atoms with Gasteiger partial charge in [0.25, 0.3) is 0 Å². The third-order valence-electron chi connectivity index (χ3n) is 12.6. The first-order chi connectivity index (χ1) is 27.7. The van der Waals surface area contributed by atoms with Crippen LogP contribution in [0.1, 0.15) is 110 Å². The van der Waals surface area contributed by atoms with Crippen LogP contribution >= 0.6 is 0 Å². The Bertz CT molecular complexity index is 2350. The van der Waals surface area contributed by atoms with E-state index in [-0.39, 0.29) is 42.5 Å². The van der Waals surface area contributed by atoms with Gasteiger partial charge in [-0.05, 0) is 106 Å². The largest absolute Gasteiger partial charge is 0.367 e. The quantitative estimate of drug-likeness (QED) is 0.121. The van der Waals surface area contributed by atoms with E-state index in [1.54, 1.807) is 21.9 Å². The highest BCUT2D eigenvalue weighted by Crippen LogP contribution is 2.50. The maximum absolute atomic E-state index is 16.4. The molecule has 6 aromatic rings. The van der Waals surface area contributed by atoms with Gasteiger partial charge in [-0.1, -0.05) is 6.07 Å². The average molecular weight is 785 g/mol. The van der Waals surface area contributed by atoms with Crippen molar-refractivity contribution in [3.63, 3.8) is 0 Å². The van der Waals surface area contributed by atoms with Crippen molar-refractivity contribution in [1.82, 2.24) is 30.6 Å². The van der Waals surface area contributed by atoms with Crippen molar-refractivity contribution in [2.24, 2.45) is 0 Å². The Kier molecular flexibility index (Phi) is 9.15. The van der Waals surface area contributed by atoms with Gasteiger partial charge >= 0.3 is 0 Å². The van der Waals surface area contributed by atoms with E-state index in [0.29, 0.717) is 64.4 Å². The van der Waals surface area contributed by atoms with Crippen LogP contribution in [-0.4, -0.2) is 46.1 Å². The van der Waals surface area contributed by atoms with Crippen molar-refractivity contribution in [3.8, 4) is 0 Å². The molecule has 4 atom stereocenters. The molecule has 4 aliphatic rings. The van der Waals surface area contributed by atoms with E-state index in [0.717, 1.165) is 56.5 Å². The van der Waals surface area contributed by atoms with Gasteiger partial charge < -0.3 is 30.4 Å². The summed E-state index contributed by atoms with van der Waals surface area (Å²) in [5, 5.41) is 6.83. The third kappa shape index (κ3) is 6.50. The van der Waals surface area contributed by atoms with Gasteiger partial charge in [-0.15, -0.1) is 0 Å². The first-order valence-electron chi connectivity index (χ1n) is 20.0. The third-order valence-corrected chi connectivity index (χ3v) is 12.6. The summed E-state index contributed by atoms with van der Waals surface area (Å²) in [6.45, 7) is 2.26.